The van der Waals surface area contributed by atoms with Crippen molar-refractivity contribution in [2.75, 3.05) is 5.32 Å². The minimum atomic E-state index is -1.80. The van der Waals surface area contributed by atoms with Crippen LogP contribution in [0.3, 0.4) is 0 Å². The van der Waals surface area contributed by atoms with Crippen molar-refractivity contribution in [3.63, 3.8) is 0 Å². The standard InChI is InChI=1S/C17H14INO3/c1-10-2-7-14-13(8-10)17(22,16(21)19-14)9-15(20)11-3-5-12(18)6-4-11/h2-8,22H,9H2,1H3,(H,19,21)/t17-/m1/s1. The minimum absolute atomic E-state index is 0.261. The largest absolute Gasteiger partial charge is 0.375 e. The Morgan fingerprint density at radius 1 is 1.23 bits per heavy atom. The molecule has 0 bridgehead atoms. The van der Waals surface area contributed by atoms with Crippen molar-refractivity contribution < 1.29 is 14.7 Å². The lowest BCUT2D eigenvalue weighted by Crippen LogP contribution is -2.36. The molecule has 5 heteroatoms. The summed E-state index contributed by atoms with van der Waals surface area (Å²) < 4.78 is 1.02. The van der Waals surface area contributed by atoms with Crippen LogP contribution in [-0.2, 0) is 10.4 Å². The fourth-order valence-corrected chi connectivity index (χ4v) is 2.96. The number of Topliss-reactive ketones (excluding diaryl/α,β-unsaturated/α-hetero) is 1. The number of aliphatic hydroxyl groups is 1. The van der Waals surface area contributed by atoms with Crippen LogP contribution in [0, 0.1) is 10.5 Å². The van der Waals surface area contributed by atoms with Crippen LogP contribution in [0.2, 0.25) is 0 Å². The van der Waals surface area contributed by atoms with E-state index >= 15 is 0 Å². The summed E-state index contributed by atoms with van der Waals surface area (Å²) in [4.78, 5) is 24.6. The van der Waals surface area contributed by atoms with E-state index in [1.807, 2.05) is 25.1 Å². The number of benzene rings is 2. The molecule has 2 aromatic carbocycles. The molecule has 0 unspecified atom stereocenters. The van der Waals surface area contributed by atoms with E-state index < -0.39 is 11.5 Å². The van der Waals surface area contributed by atoms with Gasteiger partial charge in [-0.05, 0) is 47.7 Å². The fraction of sp³-hybridized carbons (Fsp3) is 0.176. The van der Waals surface area contributed by atoms with Gasteiger partial charge in [-0.25, -0.2) is 0 Å². The summed E-state index contributed by atoms with van der Waals surface area (Å²) in [6.07, 6.45) is -0.268. The zero-order chi connectivity index (χ0) is 15.9. The average Bonchev–Trinajstić information content (AvgIpc) is 2.71. The van der Waals surface area contributed by atoms with Gasteiger partial charge in [0.25, 0.3) is 5.91 Å². The number of fused-ring (bicyclic) bond motifs is 1. The van der Waals surface area contributed by atoms with Crippen LogP contribution < -0.4 is 5.32 Å². The third-order valence-electron chi connectivity index (χ3n) is 3.83. The van der Waals surface area contributed by atoms with E-state index in [4.69, 9.17) is 0 Å². The second kappa shape index (κ2) is 5.48. The average molecular weight is 407 g/mol. The molecule has 2 aromatic rings. The maximum atomic E-state index is 12.4. The molecule has 1 amide bonds. The summed E-state index contributed by atoms with van der Waals surface area (Å²) in [7, 11) is 0. The molecular weight excluding hydrogens is 393 g/mol. The Morgan fingerprint density at radius 2 is 1.91 bits per heavy atom. The van der Waals surface area contributed by atoms with E-state index in [1.54, 1.807) is 24.3 Å². The number of rotatable bonds is 3. The van der Waals surface area contributed by atoms with Gasteiger partial charge in [-0.2, -0.15) is 0 Å². The third kappa shape index (κ3) is 2.55. The van der Waals surface area contributed by atoms with Crippen LogP contribution in [0.25, 0.3) is 0 Å². The molecule has 3 rings (SSSR count). The molecule has 1 heterocycles. The molecule has 22 heavy (non-hydrogen) atoms. The van der Waals surface area contributed by atoms with E-state index in [2.05, 4.69) is 27.9 Å². The van der Waals surface area contributed by atoms with Crippen molar-refractivity contribution in [3.05, 3.63) is 62.7 Å². The van der Waals surface area contributed by atoms with Gasteiger partial charge in [0, 0.05) is 20.4 Å². The molecule has 0 radical (unpaired) electrons. The number of hydrogen-bond donors (Lipinski definition) is 2. The molecule has 0 spiro atoms. The predicted octanol–water partition coefficient (Wildman–Crippen LogP) is 3.01. The van der Waals surface area contributed by atoms with Gasteiger partial charge in [-0.1, -0.05) is 29.8 Å². The van der Waals surface area contributed by atoms with Crippen LogP contribution in [0.15, 0.2) is 42.5 Å². The van der Waals surface area contributed by atoms with Gasteiger partial charge >= 0.3 is 0 Å². The van der Waals surface area contributed by atoms with Crippen LogP contribution in [0.4, 0.5) is 5.69 Å². The molecule has 2 N–H and O–H groups in total. The second-order valence-corrected chi connectivity index (χ2v) is 6.72. The number of hydrogen-bond acceptors (Lipinski definition) is 3. The van der Waals surface area contributed by atoms with Crippen molar-refractivity contribution in [1.29, 1.82) is 0 Å². The Kier molecular flexibility index (Phi) is 3.78. The first-order valence-corrected chi connectivity index (χ1v) is 7.92. The second-order valence-electron chi connectivity index (χ2n) is 5.47. The summed E-state index contributed by atoms with van der Waals surface area (Å²) in [6, 6.07) is 12.4. The van der Waals surface area contributed by atoms with E-state index in [1.165, 1.54) is 0 Å². The molecule has 112 valence electrons. The Balaban J connectivity index is 1.94. The molecule has 0 aromatic heterocycles. The molecule has 0 aliphatic carbocycles. The monoisotopic (exact) mass is 407 g/mol. The van der Waals surface area contributed by atoms with E-state index in [9.17, 15) is 14.7 Å². The summed E-state index contributed by atoms with van der Waals surface area (Å²) in [5.74, 6) is -0.810. The lowest BCUT2D eigenvalue weighted by Gasteiger charge is -2.20. The zero-order valence-corrected chi connectivity index (χ0v) is 14.0. The molecule has 1 atom stereocenters. The SMILES string of the molecule is Cc1ccc2c(c1)[C@](O)(CC(=O)c1ccc(I)cc1)C(=O)N2. The smallest absolute Gasteiger partial charge is 0.261 e. The first-order valence-electron chi connectivity index (χ1n) is 6.84. The van der Waals surface area contributed by atoms with Gasteiger partial charge in [-0.3, -0.25) is 9.59 Å². The summed E-state index contributed by atoms with van der Waals surface area (Å²) >= 11 is 2.16. The van der Waals surface area contributed by atoms with Gasteiger partial charge < -0.3 is 10.4 Å². The number of ketones is 1. The zero-order valence-electron chi connectivity index (χ0n) is 11.9. The molecule has 4 nitrogen and oxygen atoms in total. The van der Waals surface area contributed by atoms with Crippen molar-refractivity contribution in [3.8, 4) is 0 Å². The van der Waals surface area contributed by atoms with Gasteiger partial charge in [0.2, 0.25) is 0 Å². The van der Waals surface area contributed by atoms with Gasteiger partial charge in [0.1, 0.15) is 0 Å². The van der Waals surface area contributed by atoms with Crippen LogP contribution in [0.1, 0.15) is 27.9 Å². The topological polar surface area (TPSA) is 66.4 Å². The molecular formula is C17H14INO3. The highest BCUT2D eigenvalue weighted by Gasteiger charge is 2.46. The first kappa shape index (κ1) is 15.2. The molecule has 1 aliphatic rings. The Labute approximate surface area is 141 Å². The highest BCUT2D eigenvalue weighted by Crippen LogP contribution is 2.39. The summed E-state index contributed by atoms with van der Waals surface area (Å²) in [6.45, 7) is 1.88. The van der Waals surface area contributed by atoms with E-state index in [-0.39, 0.29) is 12.2 Å². The highest BCUT2D eigenvalue weighted by atomic mass is 127. The number of anilines is 1. The number of amides is 1. The highest BCUT2D eigenvalue weighted by molar-refractivity contribution is 14.1. The predicted molar refractivity (Wildman–Crippen MR) is 91.8 cm³/mol. The Hall–Kier alpha value is -1.73. The van der Waals surface area contributed by atoms with Crippen molar-refractivity contribution in [2.24, 2.45) is 0 Å². The number of carbonyl (C=O) groups excluding carboxylic acids is 2. The van der Waals surface area contributed by atoms with Crippen LogP contribution in [-0.4, -0.2) is 16.8 Å². The van der Waals surface area contributed by atoms with Crippen molar-refractivity contribution in [2.45, 2.75) is 18.9 Å². The van der Waals surface area contributed by atoms with Crippen LogP contribution in [0.5, 0.6) is 0 Å². The van der Waals surface area contributed by atoms with Crippen molar-refractivity contribution in [1.82, 2.24) is 0 Å². The normalized spacial score (nSPS) is 19.7. The molecule has 0 fully saturated rings. The lowest BCUT2D eigenvalue weighted by molar-refractivity contribution is -0.133. The Morgan fingerprint density at radius 3 is 2.59 bits per heavy atom. The lowest BCUT2D eigenvalue weighted by atomic mass is 9.87. The van der Waals surface area contributed by atoms with Crippen LogP contribution >= 0.6 is 22.6 Å². The van der Waals surface area contributed by atoms with E-state index in [0.29, 0.717) is 16.8 Å². The fourth-order valence-electron chi connectivity index (χ4n) is 2.60. The minimum Gasteiger partial charge on any atom is -0.375 e. The van der Waals surface area contributed by atoms with E-state index in [0.717, 1.165) is 9.13 Å². The maximum absolute atomic E-state index is 12.4. The summed E-state index contributed by atoms with van der Waals surface area (Å²) in [5, 5.41) is 13.4. The molecule has 0 saturated carbocycles. The quantitative estimate of drug-likeness (QED) is 0.608. The van der Waals surface area contributed by atoms with Gasteiger partial charge in [-0.15, -0.1) is 0 Å². The number of halogens is 1. The van der Waals surface area contributed by atoms with Gasteiger partial charge in [0.05, 0.1) is 6.42 Å². The third-order valence-corrected chi connectivity index (χ3v) is 4.55. The number of aryl methyl sites for hydroxylation is 1. The molecule has 1 aliphatic heterocycles. The Bertz CT molecular complexity index is 770. The first-order chi connectivity index (χ1) is 10.4. The van der Waals surface area contributed by atoms with Gasteiger partial charge in [0.15, 0.2) is 11.4 Å². The number of carbonyl (C=O) groups is 2. The van der Waals surface area contributed by atoms with Crippen molar-refractivity contribution >= 4 is 40.0 Å². The summed E-state index contributed by atoms with van der Waals surface area (Å²) in [5.41, 5.74) is 0.643. The number of nitrogens with one attached hydrogen (secondary N) is 1. The molecule has 0 saturated heterocycles. The maximum Gasteiger partial charge on any atom is 0.261 e.